The molecule has 2 aromatic heterocycles. The third-order valence-electron chi connectivity index (χ3n) is 6.37. The van der Waals surface area contributed by atoms with Gasteiger partial charge in [0.05, 0.1) is 10.8 Å². The van der Waals surface area contributed by atoms with E-state index in [-0.39, 0.29) is 46.3 Å². The van der Waals surface area contributed by atoms with Crippen LogP contribution in [-0.2, 0) is 4.79 Å². The highest BCUT2D eigenvalue weighted by atomic mass is 32.1. The topological polar surface area (TPSA) is 130 Å². The van der Waals surface area contributed by atoms with Gasteiger partial charge < -0.3 is 24.8 Å². The number of aliphatic hydroxyl groups excluding tert-OH is 2. The van der Waals surface area contributed by atoms with Crippen LogP contribution in [0, 0.1) is 0 Å². The maximum atomic E-state index is 13.3. The highest BCUT2D eigenvalue weighted by molar-refractivity contribution is 7.25. The van der Waals surface area contributed by atoms with Crippen molar-refractivity contribution in [3.05, 3.63) is 105 Å². The molecule has 3 N–H and O–H groups in total. The molecule has 10 heteroatoms. The number of aliphatic carboxylic acids is 1. The molecule has 0 spiro atoms. The van der Waals surface area contributed by atoms with Crippen molar-refractivity contribution in [3.8, 4) is 11.5 Å². The first kappa shape index (κ1) is 29.2. The highest BCUT2D eigenvalue weighted by Gasteiger charge is 2.25. The van der Waals surface area contributed by atoms with Gasteiger partial charge in [-0.05, 0) is 61.4 Å². The Morgan fingerprint density at radius 1 is 0.619 bits per heavy atom. The van der Waals surface area contributed by atoms with Gasteiger partial charge in [-0.2, -0.15) is 0 Å². The summed E-state index contributed by atoms with van der Waals surface area (Å²) in [5.74, 6) is -1.19. The van der Waals surface area contributed by atoms with Crippen LogP contribution in [0.25, 0.3) is 40.3 Å². The maximum absolute atomic E-state index is 13.3. The number of unbranched alkanes of at least 4 members (excludes halogenated alkanes) is 1. The fraction of sp³-hybridized carbons (Fsp3) is 0.156. The molecule has 0 aliphatic rings. The number of ether oxygens (including phenoxy) is 2. The number of carbonyl (C=O) groups is 1. The van der Waals surface area contributed by atoms with Gasteiger partial charge in [-0.1, -0.05) is 36.4 Å². The van der Waals surface area contributed by atoms with Gasteiger partial charge in [0.1, 0.15) is 11.5 Å². The summed E-state index contributed by atoms with van der Waals surface area (Å²) in [5.41, 5.74) is -0.501. The van der Waals surface area contributed by atoms with Crippen molar-refractivity contribution in [2.45, 2.75) is 19.1 Å². The van der Waals surface area contributed by atoms with Crippen molar-refractivity contribution < 1.29 is 29.6 Å². The second kappa shape index (κ2) is 13.1. The molecule has 8 nitrogen and oxygen atoms in total. The van der Waals surface area contributed by atoms with E-state index in [0.717, 1.165) is 22.2 Å². The Bertz CT molecular complexity index is 1880. The number of benzene rings is 4. The zero-order valence-electron chi connectivity index (χ0n) is 22.2. The molecule has 0 radical (unpaired) electrons. The number of hydrogen-bond acceptors (Lipinski definition) is 9. The Hall–Kier alpha value is -4.35. The van der Waals surface area contributed by atoms with Gasteiger partial charge >= 0.3 is 12.3 Å². The summed E-state index contributed by atoms with van der Waals surface area (Å²) in [5, 5.41) is 27.7. The van der Waals surface area contributed by atoms with E-state index >= 15 is 0 Å². The van der Waals surface area contributed by atoms with E-state index in [1.807, 2.05) is 24.3 Å². The number of hydrogen-bond donors (Lipinski definition) is 3. The summed E-state index contributed by atoms with van der Waals surface area (Å²) >= 11 is 2.83. The largest absolute Gasteiger partial charge is 0.476 e. The Balaban J connectivity index is 0.000000535. The number of carboxylic acid groups (broad SMARTS) is 1. The lowest BCUT2D eigenvalue weighted by Crippen LogP contribution is -2.33. The molecule has 6 aromatic rings. The monoisotopic (exact) mass is 602 g/mol. The predicted octanol–water partition coefficient (Wildman–Crippen LogP) is 5.76. The Morgan fingerprint density at radius 3 is 1.43 bits per heavy atom. The van der Waals surface area contributed by atoms with E-state index in [9.17, 15) is 19.5 Å². The summed E-state index contributed by atoms with van der Waals surface area (Å²) < 4.78 is 14.6. The molecule has 0 atom stereocenters. The van der Waals surface area contributed by atoms with E-state index in [1.165, 1.54) is 22.7 Å². The molecule has 42 heavy (non-hydrogen) atoms. The molecule has 2 heterocycles. The summed E-state index contributed by atoms with van der Waals surface area (Å²) in [6.07, 6.45) is -0.347. The van der Waals surface area contributed by atoms with Crippen LogP contribution in [0.15, 0.2) is 94.5 Å². The van der Waals surface area contributed by atoms with E-state index in [1.54, 1.807) is 60.7 Å². The van der Waals surface area contributed by atoms with Gasteiger partial charge in [0.2, 0.25) is 0 Å². The fourth-order valence-corrected chi connectivity index (χ4v) is 6.60. The lowest BCUT2D eigenvalue weighted by atomic mass is 10.1. The maximum Gasteiger partial charge on any atom is 0.387 e. The van der Waals surface area contributed by atoms with Crippen LogP contribution in [0.4, 0.5) is 0 Å². The van der Waals surface area contributed by atoms with Crippen molar-refractivity contribution in [2.75, 3.05) is 13.2 Å². The minimum Gasteiger partial charge on any atom is -0.476 e. The Kier molecular flexibility index (Phi) is 9.09. The number of fused-ring (bicyclic) bond motifs is 4. The molecule has 0 saturated heterocycles. The van der Waals surface area contributed by atoms with Crippen molar-refractivity contribution in [2.24, 2.45) is 0 Å². The fourth-order valence-electron chi connectivity index (χ4n) is 4.41. The molecule has 0 fully saturated rings. The SMILES string of the molecule is O=C(O)C(Oc1cccc2sc3ccccc3c(=O)c12)Oc1cccc2sc3ccccc3c(=O)c12.OCCCCO. The minimum atomic E-state index is -1.78. The summed E-state index contributed by atoms with van der Waals surface area (Å²) in [6.45, 7) is 0.390. The van der Waals surface area contributed by atoms with Crippen LogP contribution in [-0.4, -0.2) is 40.8 Å². The first-order valence-electron chi connectivity index (χ1n) is 13.1. The summed E-state index contributed by atoms with van der Waals surface area (Å²) in [6, 6.07) is 24.5. The van der Waals surface area contributed by atoms with Gasteiger partial charge in [-0.25, -0.2) is 4.79 Å². The van der Waals surface area contributed by atoms with Crippen LogP contribution in [0.5, 0.6) is 11.5 Å². The van der Waals surface area contributed by atoms with E-state index in [0.29, 0.717) is 20.2 Å². The zero-order chi connectivity index (χ0) is 29.6. The predicted molar refractivity (Wildman–Crippen MR) is 167 cm³/mol. The molecular weight excluding hydrogens is 576 g/mol. The number of rotatable bonds is 8. The smallest absolute Gasteiger partial charge is 0.387 e. The standard InChI is InChI=1S/C28H16O6S2.C4H10O2/c29-25-15-7-1-3-11-19(15)35-21-13-5-9-17(23(21)25)33-28(27(31)32)34-18-10-6-14-22-24(18)26(30)16-8-2-4-12-20(16)36-22;5-3-1-2-4-6/h1-14,28H,(H,31,32);5-6H,1-4H2. The average molecular weight is 603 g/mol. The van der Waals surface area contributed by atoms with Crippen LogP contribution < -0.4 is 20.3 Å². The van der Waals surface area contributed by atoms with Gasteiger partial charge in [-0.15, -0.1) is 22.7 Å². The second-order valence-electron chi connectivity index (χ2n) is 9.17. The second-order valence-corrected chi connectivity index (χ2v) is 11.3. The Labute approximate surface area is 247 Å². The van der Waals surface area contributed by atoms with Crippen molar-refractivity contribution in [1.29, 1.82) is 0 Å². The van der Waals surface area contributed by atoms with Gasteiger partial charge in [0.15, 0.2) is 10.9 Å². The molecule has 214 valence electrons. The lowest BCUT2D eigenvalue weighted by molar-refractivity contribution is -0.158. The normalized spacial score (nSPS) is 11.1. The lowest BCUT2D eigenvalue weighted by Gasteiger charge is -2.18. The molecule has 6 rings (SSSR count). The molecule has 0 unspecified atom stereocenters. The van der Waals surface area contributed by atoms with Crippen LogP contribution >= 0.6 is 22.7 Å². The van der Waals surface area contributed by atoms with Gasteiger partial charge in [0, 0.05) is 42.8 Å². The van der Waals surface area contributed by atoms with Crippen LogP contribution in [0.3, 0.4) is 0 Å². The van der Waals surface area contributed by atoms with Gasteiger partial charge in [-0.3, -0.25) is 9.59 Å². The van der Waals surface area contributed by atoms with Crippen molar-refractivity contribution in [3.63, 3.8) is 0 Å². The summed E-state index contributed by atoms with van der Waals surface area (Å²) in [7, 11) is 0. The number of aliphatic hydroxyl groups is 2. The third-order valence-corrected chi connectivity index (χ3v) is 8.64. The molecule has 0 aliphatic carbocycles. The van der Waals surface area contributed by atoms with E-state index < -0.39 is 12.3 Å². The molecule has 0 saturated carbocycles. The Morgan fingerprint density at radius 2 is 1.02 bits per heavy atom. The van der Waals surface area contributed by atoms with E-state index in [4.69, 9.17) is 19.7 Å². The molecule has 4 aromatic carbocycles. The molecular formula is C32H26O8S2. The molecule has 0 aliphatic heterocycles. The average Bonchev–Trinajstić information content (AvgIpc) is 3.00. The molecule has 0 bridgehead atoms. The molecule has 0 amide bonds. The third kappa shape index (κ3) is 5.97. The quantitative estimate of drug-likeness (QED) is 0.114. The zero-order valence-corrected chi connectivity index (χ0v) is 23.8. The summed E-state index contributed by atoms with van der Waals surface area (Å²) in [4.78, 5) is 38.7. The van der Waals surface area contributed by atoms with Crippen molar-refractivity contribution in [1.82, 2.24) is 0 Å². The van der Waals surface area contributed by atoms with E-state index in [2.05, 4.69) is 0 Å². The van der Waals surface area contributed by atoms with Crippen molar-refractivity contribution >= 4 is 69.0 Å². The van der Waals surface area contributed by atoms with Gasteiger partial charge in [0.25, 0.3) is 0 Å². The van der Waals surface area contributed by atoms with Crippen LogP contribution in [0.2, 0.25) is 0 Å². The first-order chi connectivity index (χ1) is 20.4. The first-order valence-corrected chi connectivity index (χ1v) is 14.7. The highest BCUT2D eigenvalue weighted by Crippen LogP contribution is 2.33. The number of carboxylic acids is 1. The minimum absolute atomic E-state index is 0.0998. The van der Waals surface area contributed by atoms with Crippen LogP contribution in [0.1, 0.15) is 12.8 Å².